The summed E-state index contributed by atoms with van der Waals surface area (Å²) in [5, 5.41) is 17.3. The van der Waals surface area contributed by atoms with Gasteiger partial charge in [-0.25, -0.2) is 9.59 Å². The highest BCUT2D eigenvalue weighted by molar-refractivity contribution is 5.92. The molecule has 0 unspecified atom stereocenters. The first-order valence-electron chi connectivity index (χ1n) is 10.4. The molecule has 0 bridgehead atoms. The van der Waals surface area contributed by atoms with Gasteiger partial charge in [0.2, 0.25) is 5.88 Å². The Morgan fingerprint density at radius 1 is 1.12 bits per heavy atom. The van der Waals surface area contributed by atoms with Crippen molar-refractivity contribution in [2.75, 3.05) is 19.5 Å². The number of carbonyl (C=O) groups excluding carboxylic acids is 1. The molecular weight excluding hydrogens is 414 g/mol. The van der Waals surface area contributed by atoms with Crippen LogP contribution in [0.4, 0.5) is 10.5 Å². The van der Waals surface area contributed by atoms with Gasteiger partial charge in [0.15, 0.2) is 0 Å². The Morgan fingerprint density at radius 2 is 1.91 bits per heavy atom. The predicted octanol–water partition coefficient (Wildman–Crippen LogP) is 4.29. The van der Waals surface area contributed by atoms with Crippen molar-refractivity contribution >= 4 is 28.7 Å². The molecule has 0 aliphatic heterocycles. The molecule has 9 nitrogen and oxygen atoms in total. The first-order chi connectivity index (χ1) is 15.5. The number of nitrogens with one attached hydrogen (secondary N) is 1. The second-order valence-electron chi connectivity index (χ2n) is 7.67. The third kappa shape index (κ3) is 4.46. The van der Waals surface area contributed by atoms with E-state index in [-0.39, 0.29) is 11.7 Å². The van der Waals surface area contributed by atoms with Crippen LogP contribution in [0.3, 0.4) is 0 Å². The largest absolute Gasteiger partial charge is 0.496 e. The van der Waals surface area contributed by atoms with Gasteiger partial charge in [-0.05, 0) is 56.0 Å². The molecule has 1 aromatic heterocycles. The summed E-state index contributed by atoms with van der Waals surface area (Å²) in [6.07, 6.45) is 3.48. The van der Waals surface area contributed by atoms with Gasteiger partial charge in [0, 0.05) is 11.3 Å². The molecule has 0 radical (unpaired) electrons. The molecule has 4 rings (SSSR count). The number of rotatable bonds is 7. The Bertz CT molecular complexity index is 1150. The number of benzene rings is 2. The topological polar surface area (TPSA) is 112 Å². The van der Waals surface area contributed by atoms with E-state index in [2.05, 4.69) is 10.4 Å². The third-order valence-corrected chi connectivity index (χ3v) is 5.59. The number of fused-ring (bicyclic) bond motifs is 1. The minimum atomic E-state index is -1.03. The van der Waals surface area contributed by atoms with Crippen molar-refractivity contribution in [1.82, 2.24) is 9.78 Å². The fraction of sp³-hybridized carbons (Fsp3) is 0.348. The number of hydrogen-bond acceptors (Lipinski definition) is 6. The van der Waals surface area contributed by atoms with Crippen molar-refractivity contribution in [3.63, 3.8) is 0 Å². The van der Waals surface area contributed by atoms with E-state index < -0.39 is 12.1 Å². The third-order valence-electron chi connectivity index (χ3n) is 5.59. The molecule has 0 saturated heterocycles. The first kappa shape index (κ1) is 21.5. The number of aromatic nitrogens is 2. The Kier molecular flexibility index (Phi) is 6.16. The molecule has 2 aromatic carbocycles. The van der Waals surface area contributed by atoms with Crippen LogP contribution < -0.4 is 14.8 Å². The molecule has 1 fully saturated rings. The molecule has 1 aliphatic carbocycles. The van der Waals surface area contributed by atoms with Crippen molar-refractivity contribution in [3.05, 3.63) is 47.5 Å². The maximum atomic E-state index is 12.3. The number of carboxylic acid groups (broad SMARTS) is 1. The van der Waals surface area contributed by atoms with Crippen LogP contribution in [0, 0.1) is 0 Å². The van der Waals surface area contributed by atoms with Crippen LogP contribution >= 0.6 is 0 Å². The Morgan fingerprint density at radius 3 is 2.59 bits per heavy atom. The van der Waals surface area contributed by atoms with Gasteiger partial charge in [-0.15, -0.1) is 5.10 Å². The minimum Gasteiger partial charge on any atom is -0.496 e. The van der Waals surface area contributed by atoms with E-state index in [1.54, 1.807) is 30.0 Å². The quantitative estimate of drug-likeness (QED) is 0.565. The zero-order chi connectivity index (χ0) is 22.7. The lowest BCUT2D eigenvalue weighted by molar-refractivity contribution is 0.0696. The van der Waals surface area contributed by atoms with Crippen molar-refractivity contribution in [3.8, 4) is 11.6 Å². The van der Waals surface area contributed by atoms with Gasteiger partial charge in [-0.1, -0.05) is 6.07 Å². The number of ether oxygens (including phenoxy) is 3. The van der Waals surface area contributed by atoms with Gasteiger partial charge in [0.25, 0.3) is 0 Å². The molecule has 0 atom stereocenters. The molecular formula is C23H25N3O6. The Labute approximate surface area is 184 Å². The molecule has 0 spiro atoms. The molecule has 168 valence electrons. The summed E-state index contributed by atoms with van der Waals surface area (Å²) in [6, 6.07) is 10.1. The number of anilines is 1. The fourth-order valence-corrected chi connectivity index (χ4v) is 3.97. The second kappa shape index (κ2) is 9.17. The van der Waals surface area contributed by atoms with Crippen LogP contribution in [0.2, 0.25) is 0 Å². The smallest absolute Gasteiger partial charge is 0.411 e. The highest BCUT2D eigenvalue weighted by Crippen LogP contribution is 2.30. The molecule has 1 saturated carbocycles. The van der Waals surface area contributed by atoms with Crippen LogP contribution in [-0.4, -0.2) is 47.3 Å². The molecule has 9 heteroatoms. The molecule has 1 amide bonds. The average molecular weight is 439 g/mol. The number of carbonyl (C=O) groups is 2. The normalized spacial score (nSPS) is 13.8. The van der Waals surface area contributed by atoms with E-state index in [0.29, 0.717) is 23.9 Å². The van der Waals surface area contributed by atoms with E-state index in [4.69, 9.17) is 14.2 Å². The number of carboxylic acids is 1. The summed E-state index contributed by atoms with van der Waals surface area (Å²) in [5.74, 6) is -0.135. The van der Waals surface area contributed by atoms with Gasteiger partial charge in [0.05, 0.1) is 37.2 Å². The van der Waals surface area contributed by atoms with Crippen molar-refractivity contribution in [1.29, 1.82) is 0 Å². The number of methoxy groups -OCH3 is 2. The summed E-state index contributed by atoms with van der Waals surface area (Å²) in [5.41, 5.74) is 2.21. The number of hydrogen-bond donors (Lipinski definition) is 2. The van der Waals surface area contributed by atoms with E-state index >= 15 is 0 Å². The van der Waals surface area contributed by atoms with Crippen LogP contribution in [0.5, 0.6) is 11.6 Å². The number of aromatic carboxylic acids is 1. The minimum absolute atomic E-state index is 0.0226. The molecule has 32 heavy (non-hydrogen) atoms. The van der Waals surface area contributed by atoms with Crippen molar-refractivity contribution in [2.45, 2.75) is 38.3 Å². The number of nitrogens with zero attached hydrogens (tertiary/aromatic N) is 2. The SMILES string of the molecule is COc1cc(C(=O)O)ccc1Cn1nc(OC)c2ccc(NC(=O)OC3CCCC3)cc21. The maximum Gasteiger partial charge on any atom is 0.411 e. The predicted molar refractivity (Wildman–Crippen MR) is 118 cm³/mol. The second-order valence-corrected chi connectivity index (χ2v) is 7.67. The van der Waals surface area contributed by atoms with Crippen LogP contribution in [0.1, 0.15) is 41.6 Å². The lowest BCUT2D eigenvalue weighted by atomic mass is 10.1. The average Bonchev–Trinajstić information content (AvgIpc) is 3.41. The van der Waals surface area contributed by atoms with Gasteiger partial charge in [-0.3, -0.25) is 10.00 Å². The van der Waals surface area contributed by atoms with Crippen LogP contribution in [0.25, 0.3) is 10.9 Å². The standard InChI is InChI=1S/C23H25N3O6/c1-30-20-11-14(22(27)28)7-8-15(20)13-26-19-12-16(9-10-18(19)21(25-26)31-2)24-23(29)32-17-5-3-4-6-17/h7-12,17H,3-6,13H2,1-2H3,(H,24,29)(H,27,28). The summed E-state index contributed by atoms with van der Waals surface area (Å²) >= 11 is 0. The van der Waals surface area contributed by atoms with E-state index in [0.717, 1.165) is 42.1 Å². The first-order valence-corrected chi connectivity index (χ1v) is 10.4. The zero-order valence-corrected chi connectivity index (χ0v) is 18.0. The van der Waals surface area contributed by atoms with Crippen LogP contribution in [-0.2, 0) is 11.3 Å². The highest BCUT2D eigenvalue weighted by Gasteiger charge is 2.20. The lowest BCUT2D eigenvalue weighted by Crippen LogP contribution is -2.20. The van der Waals surface area contributed by atoms with E-state index in [1.165, 1.54) is 19.2 Å². The summed E-state index contributed by atoms with van der Waals surface area (Å²) in [6.45, 7) is 0.318. The van der Waals surface area contributed by atoms with E-state index in [9.17, 15) is 14.7 Å². The van der Waals surface area contributed by atoms with Gasteiger partial charge < -0.3 is 19.3 Å². The van der Waals surface area contributed by atoms with Crippen LogP contribution in [0.15, 0.2) is 36.4 Å². The van der Waals surface area contributed by atoms with Gasteiger partial charge in [0.1, 0.15) is 11.9 Å². The Hall–Kier alpha value is -3.75. The summed E-state index contributed by atoms with van der Waals surface area (Å²) in [7, 11) is 3.03. The molecule has 1 aliphatic rings. The summed E-state index contributed by atoms with van der Waals surface area (Å²) < 4.78 is 18.0. The fourth-order valence-electron chi connectivity index (χ4n) is 3.97. The molecule has 2 N–H and O–H groups in total. The molecule has 3 aromatic rings. The zero-order valence-electron chi connectivity index (χ0n) is 18.0. The van der Waals surface area contributed by atoms with Gasteiger partial charge in [-0.2, -0.15) is 0 Å². The molecule has 1 heterocycles. The van der Waals surface area contributed by atoms with E-state index in [1.807, 2.05) is 6.07 Å². The Balaban J connectivity index is 1.62. The van der Waals surface area contributed by atoms with Gasteiger partial charge >= 0.3 is 12.1 Å². The maximum absolute atomic E-state index is 12.3. The lowest BCUT2D eigenvalue weighted by Gasteiger charge is -2.13. The number of amides is 1. The highest BCUT2D eigenvalue weighted by atomic mass is 16.6. The van der Waals surface area contributed by atoms with Crippen molar-refractivity contribution in [2.24, 2.45) is 0 Å². The summed E-state index contributed by atoms with van der Waals surface area (Å²) in [4.78, 5) is 23.5. The van der Waals surface area contributed by atoms with Crippen molar-refractivity contribution < 1.29 is 28.9 Å². The monoisotopic (exact) mass is 439 g/mol.